The Hall–Kier alpha value is -2.42. The topological polar surface area (TPSA) is 19.7 Å². The summed E-state index contributed by atoms with van der Waals surface area (Å²) in [7, 11) is 1.98. The van der Waals surface area contributed by atoms with Crippen LogP contribution in [0.3, 0.4) is 0 Å². The van der Waals surface area contributed by atoms with E-state index >= 15 is 0 Å². The minimum absolute atomic E-state index is 0.202. The van der Waals surface area contributed by atoms with E-state index in [1.807, 2.05) is 67.5 Å². The monoisotopic (exact) mass is 267 g/mol. The number of aryl methyl sites for hydroxylation is 2. The Labute approximate surface area is 117 Å². The van der Waals surface area contributed by atoms with Gasteiger partial charge in [-0.1, -0.05) is 12.2 Å². The average Bonchev–Trinajstić information content (AvgIpc) is 2.81. The van der Waals surface area contributed by atoms with E-state index in [0.717, 1.165) is 22.1 Å². The van der Waals surface area contributed by atoms with Crippen LogP contribution in [0.2, 0.25) is 0 Å². The first-order chi connectivity index (χ1) is 9.63. The smallest absolute Gasteiger partial charge is 0.169 e. The van der Waals surface area contributed by atoms with Crippen molar-refractivity contribution >= 4 is 23.1 Å². The first-order valence-electron chi connectivity index (χ1n) is 6.54. The van der Waals surface area contributed by atoms with Gasteiger partial charge in [0.25, 0.3) is 0 Å². The molecule has 0 bridgehead atoms. The lowest BCUT2D eigenvalue weighted by Crippen LogP contribution is -2.25. The fourth-order valence-electron chi connectivity index (χ4n) is 2.29. The molecule has 2 heterocycles. The highest BCUT2D eigenvalue weighted by Crippen LogP contribution is 2.24. The van der Waals surface area contributed by atoms with E-state index in [9.17, 15) is 4.39 Å². The molecule has 0 radical (unpaired) electrons. The van der Waals surface area contributed by atoms with Crippen molar-refractivity contribution in [3.8, 4) is 0 Å². The molecule has 20 heavy (non-hydrogen) atoms. The fraction of sp³-hybridized carbons (Fsp3) is 0.118. The van der Waals surface area contributed by atoms with Gasteiger partial charge in [0, 0.05) is 23.7 Å². The van der Waals surface area contributed by atoms with Crippen LogP contribution in [0, 0.1) is 12.7 Å². The summed E-state index contributed by atoms with van der Waals surface area (Å²) in [5, 5.41) is 0.917. The Bertz CT molecular complexity index is 783. The van der Waals surface area contributed by atoms with Gasteiger partial charge in [0.15, 0.2) is 12.4 Å². The third kappa shape index (κ3) is 2.35. The molecule has 3 aromatic rings. The summed E-state index contributed by atoms with van der Waals surface area (Å²) in [5.41, 5.74) is 3.60. The first-order valence-corrected chi connectivity index (χ1v) is 6.54. The van der Waals surface area contributed by atoms with Gasteiger partial charge >= 0.3 is 0 Å². The molecule has 2 nitrogen and oxygen atoms in total. The lowest BCUT2D eigenvalue weighted by Gasteiger charge is -1.97. The third-order valence-corrected chi connectivity index (χ3v) is 3.38. The number of H-pyrrole nitrogens is 1. The van der Waals surface area contributed by atoms with Gasteiger partial charge in [-0.05, 0) is 35.7 Å². The summed E-state index contributed by atoms with van der Waals surface area (Å²) in [5.74, 6) is -0.202. The number of nitrogens with one attached hydrogen (secondary N) is 1. The Morgan fingerprint density at radius 3 is 2.65 bits per heavy atom. The lowest BCUT2D eigenvalue weighted by molar-refractivity contribution is -0.671. The molecule has 0 spiro atoms. The van der Waals surface area contributed by atoms with Crippen LogP contribution in [0.15, 0.2) is 42.9 Å². The molecule has 0 unspecified atom stereocenters. The number of aromatic amines is 1. The molecule has 1 N–H and O–H groups in total. The standard InChI is InChI=1S/C17H15FN2/c1-12-9-15-14(11-19-17(15)16(18)10-12)4-3-13-5-7-20(2)8-6-13/h3-11H,1-2H3/p+1. The molecule has 0 fully saturated rings. The second-order valence-corrected chi connectivity index (χ2v) is 5.04. The maximum Gasteiger partial charge on any atom is 0.169 e. The van der Waals surface area contributed by atoms with Gasteiger partial charge < -0.3 is 4.98 Å². The van der Waals surface area contributed by atoms with E-state index in [-0.39, 0.29) is 5.82 Å². The maximum absolute atomic E-state index is 13.8. The van der Waals surface area contributed by atoms with E-state index in [4.69, 9.17) is 0 Å². The van der Waals surface area contributed by atoms with E-state index in [1.165, 1.54) is 0 Å². The second-order valence-electron chi connectivity index (χ2n) is 5.04. The Balaban J connectivity index is 2.00. The largest absolute Gasteiger partial charge is 0.358 e. The molecule has 0 amide bonds. The first kappa shape index (κ1) is 12.6. The molecular formula is C17H16FN2+. The molecule has 0 saturated carbocycles. The average molecular weight is 267 g/mol. The molecule has 0 aliphatic rings. The fourth-order valence-corrected chi connectivity index (χ4v) is 2.29. The summed E-state index contributed by atoms with van der Waals surface area (Å²) in [6, 6.07) is 7.62. The SMILES string of the molecule is Cc1cc(F)c2[nH]cc(/C=C/c3cc[n+](C)cc3)c2c1. The molecule has 3 rings (SSSR count). The highest BCUT2D eigenvalue weighted by Gasteiger charge is 2.06. The molecule has 0 aliphatic carbocycles. The number of fused-ring (bicyclic) bond motifs is 1. The van der Waals surface area contributed by atoms with E-state index < -0.39 is 0 Å². The van der Waals surface area contributed by atoms with Crippen LogP contribution in [0.25, 0.3) is 23.1 Å². The number of hydrogen-bond donors (Lipinski definition) is 1. The van der Waals surface area contributed by atoms with Crippen molar-refractivity contribution in [2.24, 2.45) is 7.05 Å². The van der Waals surface area contributed by atoms with Crippen LogP contribution >= 0.6 is 0 Å². The molecule has 0 aliphatic heterocycles. The van der Waals surface area contributed by atoms with E-state index in [0.29, 0.717) is 5.52 Å². The van der Waals surface area contributed by atoms with Gasteiger partial charge in [0.1, 0.15) is 12.9 Å². The Kier molecular flexibility index (Phi) is 3.11. The second kappa shape index (κ2) is 4.93. The minimum Gasteiger partial charge on any atom is -0.358 e. The van der Waals surface area contributed by atoms with Gasteiger partial charge in [-0.15, -0.1) is 0 Å². The molecule has 1 aromatic carbocycles. The number of pyridine rings is 1. The van der Waals surface area contributed by atoms with Crippen LogP contribution in [0.5, 0.6) is 0 Å². The summed E-state index contributed by atoms with van der Waals surface area (Å²) in [4.78, 5) is 3.00. The lowest BCUT2D eigenvalue weighted by atomic mass is 10.1. The highest BCUT2D eigenvalue weighted by atomic mass is 19.1. The molecule has 2 aromatic heterocycles. The van der Waals surface area contributed by atoms with Gasteiger partial charge in [-0.2, -0.15) is 0 Å². The third-order valence-electron chi connectivity index (χ3n) is 3.38. The van der Waals surface area contributed by atoms with Crippen molar-refractivity contribution in [3.63, 3.8) is 0 Å². The summed E-state index contributed by atoms with van der Waals surface area (Å²) in [6.07, 6.45) is 9.87. The Morgan fingerprint density at radius 2 is 1.90 bits per heavy atom. The normalized spacial score (nSPS) is 11.6. The summed E-state index contributed by atoms with van der Waals surface area (Å²) in [6.45, 7) is 1.90. The molecule has 3 heteroatoms. The van der Waals surface area contributed by atoms with Crippen molar-refractivity contribution in [1.29, 1.82) is 0 Å². The van der Waals surface area contributed by atoms with Crippen LogP contribution in [-0.4, -0.2) is 4.98 Å². The van der Waals surface area contributed by atoms with Crippen molar-refractivity contribution in [2.45, 2.75) is 6.92 Å². The highest BCUT2D eigenvalue weighted by molar-refractivity contribution is 5.92. The van der Waals surface area contributed by atoms with Crippen molar-refractivity contribution in [2.75, 3.05) is 0 Å². The van der Waals surface area contributed by atoms with Crippen LogP contribution in [0.1, 0.15) is 16.7 Å². The van der Waals surface area contributed by atoms with E-state index in [1.54, 1.807) is 6.07 Å². The molecule has 100 valence electrons. The number of hydrogen-bond acceptors (Lipinski definition) is 0. The predicted octanol–water partition coefficient (Wildman–Crippen LogP) is 3.61. The maximum atomic E-state index is 13.8. The molecule has 0 atom stereocenters. The van der Waals surface area contributed by atoms with Crippen molar-refractivity contribution in [1.82, 2.24) is 4.98 Å². The van der Waals surface area contributed by atoms with Crippen LogP contribution < -0.4 is 4.57 Å². The number of aromatic nitrogens is 2. The number of halogens is 1. The summed E-state index contributed by atoms with van der Waals surface area (Å²) < 4.78 is 15.8. The van der Waals surface area contributed by atoms with E-state index in [2.05, 4.69) is 4.98 Å². The van der Waals surface area contributed by atoms with Crippen molar-refractivity contribution in [3.05, 3.63) is 65.4 Å². The van der Waals surface area contributed by atoms with Gasteiger partial charge in [-0.3, -0.25) is 0 Å². The summed E-state index contributed by atoms with van der Waals surface area (Å²) >= 11 is 0. The van der Waals surface area contributed by atoms with Gasteiger partial charge in [0.05, 0.1) is 5.52 Å². The quantitative estimate of drug-likeness (QED) is 0.684. The number of nitrogens with zero attached hydrogens (tertiary/aromatic N) is 1. The van der Waals surface area contributed by atoms with Crippen LogP contribution in [-0.2, 0) is 7.05 Å². The minimum atomic E-state index is -0.202. The zero-order chi connectivity index (χ0) is 14.1. The Morgan fingerprint density at radius 1 is 1.15 bits per heavy atom. The predicted molar refractivity (Wildman–Crippen MR) is 79.5 cm³/mol. The van der Waals surface area contributed by atoms with Gasteiger partial charge in [-0.25, -0.2) is 8.96 Å². The molecular weight excluding hydrogens is 251 g/mol. The van der Waals surface area contributed by atoms with Gasteiger partial charge in [0.2, 0.25) is 0 Å². The zero-order valence-electron chi connectivity index (χ0n) is 11.5. The van der Waals surface area contributed by atoms with Crippen LogP contribution in [0.4, 0.5) is 4.39 Å². The number of rotatable bonds is 2. The zero-order valence-corrected chi connectivity index (χ0v) is 11.5. The number of benzene rings is 1. The molecule has 0 saturated heterocycles. The van der Waals surface area contributed by atoms with Crippen molar-refractivity contribution < 1.29 is 8.96 Å².